The van der Waals surface area contributed by atoms with E-state index in [0.29, 0.717) is 5.92 Å². The smallest absolute Gasteiger partial charge is 0.223 e. The lowest BCUT2D eigenvalue weighted by Gasteiger charge is -2.17. The summed E-state index contributed by atoms with van der Waals surface area (Å²) in [5.41, 5.74) is 1.24. The molecule has 1 fully saturated rings. The Morgan fingerprint density at radius 3 is 2.52 bits per heavy atom. The van der Waals surface area contributed by atoms with Crippen LogP contribution < -0.4 is 10.1 Å². The SMILES string of the molecule is CCN(CC)CCNC(=O)C1CC1c1ccc(OC)cc1. The number of benzene rings is 1. The van der Waals surface area contributed by atoms with Gasteiger partial charge in [-0.1, -0.05) is 26.0 Å². The molecule has 1 aromatic carbocycles. The molecule has 0 heterocycles. The number of hydrogen-bond donors (Lipinski definition) is 1. The van der Waals surface area contributed by atoms with E-state index in [0.717, 1.165) is 38.3 Å². The van der Waals surface area contributed by atoms with Gasteiger partial charge in [0.2, 0.25) is 5.91 Å². The third kappa shape index (κ3) is 4.21. The predicted molar refractivity (Wildman–Crippen MR) is 84.6 cm³/mol. The van der Waals surface area contributed by atoms with Gasteiger partial charge in [0.1, 0.15) is 5.75 Å². The average molecular weight is 290 g/mol. The molecule has 0 aromatic heterocycles. The second-order valence-corrected chi connectivity index (χ2v) is 5.54. The zero-order valence-electron chi connectivity index (χ0n) is 13.3. The van der Waals surface area contributed by atoms with Crippen LogP contribution in [0.15, 0.2) is 24.3 Å². The first-order chi connectivity index (χ1) is 10.2. The molecule has 0 bridgehead atoms. The Hall–Kier alpha value is -1.55. The monoisotopic (exact) mass is 290 g/mol. The van der Waals surface area contributed by atoms with E-state index in [-0.39, 0.29) is 11.8 Å². The Bertz CT molecular complexity index is 454. The fraction of sp³-hybridized carbons (Fsp3) is 0.588. The van der Waals surface area contributed by atoms with Gasteiger partial charge in [0.05, 0.1) is 7.11 Å². The van der Waals surface area contributed by atoms with Crippen molar-refractivity contribution < 1.29 is 9.53 Å². The molecule has 0 aliphatic heterocycles. The lowest BCUT2D eigenvalue weighted by molar-refractivity contribution is -0.122. The van der Waals surface area contributed by atoms with Crippen LogP contribution in [0.25, 0.3) is 0 Å². The first-order valence-electron chi connectivity index (χ1n) is 7.83. The molecule has 2 atom stereocenters. The van der Waals surface area contributed by atoms with E-state index in [1.165, 1.54) is 5.56 Å². The fourth-order valence-corrected chi connectivity index (χ4v) is 2.71. The topological polar surface area (TPSA) is 41.6 Å². The lowest BCUT2D eigenvalue weighted by Crippen LogP contribution is -2.35. The zero-order chi connectivity index (χ0) is 15.2. The second-order valence-electron chi connectivity index (χ2n) is 5.54. The van der Waals surface area contributed by atoms with Gasteiger partial charge in [-0.3, -0.25) is 4.79 Å². The van der Waals surface area contributed by atoms with Crippen molar-refractivity contribution in [2.24, 2.45) is 5.92 Å². The van der Waals surface area contributed by atoms with Crippen LogP contribution in [0, 0.1) is 5.92 Å². The summed E-state index contributed by atoms with van der Waals surface area (Å²) in [7, 11) is 1.66. The normalized spacial score (nSPS) is 20.4. The predicted octanol–water partition coefficient (Wildman–Crippen LogP) is 2.26. The summed E-state index contributed by atoms with van der Waals surface area (Å²) in [6, 6.07) is 8.05. The van der Waals surface area contributed by atoms with E-state index < -0.39 is 0 Å². The van der Waals surface area contributed by atoms with Crippen molar-refractivity contribution in [2.45, 2.75) is 26.2 Å². The van der Waals surface area contributed by atoms with Crippen molar-refractivity contribution >= 4 is 5.91 Å². The van der Waals surface area contributed by atoms with E-state index in [1.54, 1.807) is 7.11 Å². The molecule has 4 nitrogen and oxygen atoms in total. The molecule has 0 saturated heterocycles. The summed E-state index contributed by atoms with van der Waals surface area (Å²) in [5.74, 6) is 1.59. The largest absolute Gasteiger partial charge is 0.497 e. The Balaban J connectivity index is 1.75. The summed E-state index contributed by atoms with van der Waals surface area (Å²) in [6.45, 7) is 8.03. The number of carbonyl (C=O) groups excluding carboxylic acids is 1. The van der Waals surface area contributed by atoms with Gasteiger partial charge in [-0.05, 0) is 43.1 Å². The van der Waals surface area contributed by atoms with Crippen LogP contribution >= 0.6 is 0 Å². The number of amides is 1. The number of carbonyl (C=O) groups is 1. The van der Waals surface area contributed by atoms with Gasteiger partial charge in [0, 0.05) is 19.0 Å². The zero-order valence-corrected chi connectivity index (χ0v) is 13.3. The van der Waals surface area contributed by atoms with Crippen LogP contribution in [0.3, 0.4) is 0 Å². The third-order valence-electron chi connectivity index (χ3n) is 4.29. The molecule has 21 heavy (non-hydrogen) atoms. The summed E-state index contributed by atoms with van der Waals surface area (Å²) >= 11 is 0. The van der Waals surface area contributed by atoms with E-state index in [4.69, 9.17) is 4.74 Å². The van der Waals surface area contributed by atoms with Crippen molar-refractivity contribution in [2.75, 3.05) is 33.3 Å². The number of ether oxygens (including phenoxy) is 1. The van der Waals surface area contributed by atoms with Crippen molar-refractivity contribution in [3.05, 3.63) is 29.8 Å². The van der Waals surface area contributed by atoms with Crippen LogP contribution in [0.2, 0.25) is 0 Å². The van der Waals surface area contributed by atoms with Crippen LogP contribution in [0.4, 0.5) is 0 Å². The van der Waals surface area contributed by atoms with Crippen LogP contribution in [-0.2, 0) is 4.79 Å². The number of likely N-dealkylation sites (N-methyl/N-ethyl adjacent to an activating group) is 1. The molecule has 2 unspecified atom stereocenters. The maximum atomic E-state index is 12.1. The van der Waals surface area contributed by atoms with Gasteiger partial charge in [0.15, 0.2) is 0 Å². The van der Waals surface area contributed by atoms with Crippen LogP contribution in [0.5, 0.6) is 5.75 Å². The Morgan fingerprint density at radius 1 is 1.29 bits per heavy atom. The standard InChI is InChI=1S/C17H26N2O2/c1-4-19(5-2)11-10-18-17(20)16-12-15(16)13-6-8-14(21-3)9-7-13/h6-9,15-16H,4-5,10-12H2,1-3H3,(H,18,20). The Morgan fingerprint density at radius 2 is 1.95 bits per heavy atom. The minimum absolute atomic E-state index is 0.148. The van der Waals surface area contributed by atoms with E-state index in [1.807, 2.05) is 12.1 Å². The van der Waals surface area contributed by atoms with E-state index in [9.17, 15) is 4.79 Å². The summed E-state index contributed by atoms with van der Waals surface area (Å²) < 4.78 is 5.16. The minimum atomic E-state index is 0.148. The van der Waals surface area contributed by atoms with E-state index in [2.05, 4.69) is 36.2 Å². The van der Waals surface area contributed by atoms with Gasteiger partial charge in [-0.15, -0.1) is 0 Å². The molecule has 4 heteroatoms. The van der Waals surface area contributed by atoms with Gasteiger partial charge >= 0.3 is 0 Å². The fourth-order valence-electron chi connectivity index (χ4n) is 2.71. The molecule has 1 saturated carbocycles. The number of nitrogens with one attached hydrogen (secondary N) is 1. The highest BCUT2D eigenvalue weighted by Crippen LogP contribution is 2.47. The lowest BCUT2D eigenvalue weighted by atomic mass is 10.1. The maximum Gasteiger partial charge on any atom is 0.223 e. The Labute approximate surface area is 127 Å². The molecule has 2 rings (SSSR count). The van der Waals surface area contributed by atoms with Crippen LogP contribution in [0.1, 0.15) is 31.7 Å². The Kier molecular flexibility index (Phi) is 5.62. The minimum Gasteiger partial charge on any atom is -0.497 e. The molecular formula is C17H26N2O2. The summed E-state index contributed by atoms with van der Waals surface area (Å²) in [5, 5.41) is 3.06. The average Bonchev–Trinajstić information content (AvgIpc) is 3.32. The quantitative estimate of drug-likeness (QED) is 0.798. The second kappa shape index (κ2) is 7.46. The highest BCUT2D eigenvalue weighted by atomic mass is 16.5. The van der Waals surface area contributed by atoms with Crippen molar-refractivity contribution in [3.63, 3.8) is 0 Å². The molecular weight excluding hydrogens is 264 g/mol. The van der Waals surface area contributed by atoms with E-state index >= 15 is 0 Å². The molecule has 1 aromatic rings. The van der Waals surface area contributed by atoms with Gasteiger partial charge in [-0.25, -0.2) is 0 Å². The highest BCUT2D eigenvalue weighted by molar-refractivity contribution is 5.82. The van der Waals surface area contributed by atoms with Crippen molar-refractivity contribution in [1.29, 1.82) is 0 Å². The maximum absolute atomic E-state index is 12.1. The summed E-state index contributed by atoms with van der Waals surface area (Å²) in [6.07, 6.45) is 0.962. The van der Waals surface area contributed by atoms with Crippen molar-refractivity contribution in [3.8, 4) is 5.75 Å². The summed E-state index contributed by atoms with van der Waals surface area (Å²) in [4.78, 5) is 14.4. The van der Waals surface area contributed by atoms with Gasteiger partial charge in [-0.2, -0.15) is 0 Å². The molecule has 1 aliphatic rings. The molecule has 1 aliphatic carbocycles. The number of hydrogen-bond acceptors (Lipinski definition) is 3. The van der Waals surface area contributed by atoms with Crippen molar-refractivity contribution in [1.82, 2.24) is 10.2 Å². The molecule has 116 valence electrons. The molecule has 1 N–H and O–H groups in total. The highest BCUT2D eigenvalue weighted by Gasteiger charge is 2.43. The third-order valence-corrected chi connectivity index (χ3v) is 4.29. The number of rotatable bonds is 8. The molecule has 0 radical (unpaired) electrons. The molecule has 0 spiro atoms. The number of nitrogens with zero attached hydrogens (tertiary/aromatic N) is 1. The van der Waals surface area contributed by atoms with Crippen LogP contribution in [-0.4, -0.2) is 44.1 Å². The number of methoxy groups -OCH3 is 1. The molecule has 1 amide bonds. The van der Waals surface area contributed by atoms with Gasteiger partial charge < -0.3 is 15.0 Å². The first kappa shape index (κ1) is 15.8. The van der Waals surface area contributed by atoms with Gasteiger partial charge in [0.25, 0.3) is 0 Å². The first-order valence-corrected chi connectivity index (χ1v) is 7.83.